The van der Waals surface area contributed by atoms with E-state index in [1.54, 1.807) is 4.90 Å². The van der Waals surface area contributed by atoms with Crippen molar-refractivity contribution in [1.29, 1.82) is 0 Å². The smallest absolute Gasteiger partial charge is 0.242 e. The summed E-state index contributed by atoms with van der Waals surface area (Å²) in [5.41, 5.74) is 3.18. The Kier molecular flexibility index (Phi) is 7.45. The molecule has 2 aromatic rings. The van der Waals surface area contributed by atoms with Crippen LogP contribution in [0.2, 0.25) is 0 Å². The van der Waals surface area contributed by atoms with Gasteiger partial charge in [-0.05, 0) is 37.8 Å². The lowest BCUT2D eigenvalue weighted by molar-refractivity contribution is -0.140. The summed E-state index contributed by atoms with van der Waals surface area (Å²) in [5, 5.41) is 3.18. The molecular weight excluding hydrogens is 360 g/mol. The van der Waals surface area contributed by atoms with Gasteiger partial charge in [-0.2, -0.15) is 0 Å². The molecule has 2 aromatic carbocycles. The second kappa shape index (κ2) is 10.2. The third-order valence-electron chi connectivity index (χ3n) is 5.79. The van der Waals surface area contributed by atoms with Gasteiger partial charge in [0.05, 0.1) is 6.42 Å². The van der Waals surface area contributed by atoms with Crippen molar-refractivity contribution in [3.8, 4) is 0 Å². The molecule has 1 aliphatic rings. The lowest BCUT2D eigenvalue weighted by atomic mass is 9.95. The number of carbonyl (C=O) groups excluding carboxylic acids is 2. The number of nitrogens with zero attached hydrogens (tertiary/aromatic N) is 1. The van der Waals surface area contributed by atoms with Gasteiger partial charge in [0.25, 0.3) is 0 Å². The maximum atomic E-state index is 13.2. The van der Waals surface area contributed by atoms with Gasteiger partial charge in [0.1, 0.15) is 6.04 Å². The van der Waals surface area contributed by atoms with E-state index in [9.17, 15) is 9.59 Å². The lowest BCUT2D eigenvalue weighted by Crippen LogP contribution is -2.50. The average molecular weight is 393 g/mol. The minimum atomic E-state index is -0.505. The molecule has 0 radical (unpaired) electrons. The Bertz CT molecular complexity index is 795. The van der Waals surface area contributed by atoms with E-state index in [0.29, 0.717) is 13.0 Å². The van der Waals surface area contributed by atoms with Crippen molar-refractivity contribution in [1.82, 2.24) is 10.2 Å². The Morgan fingerprint density at radius 3 is 2.28 bits per heavy atom. The first kappa shape index (κ1) is 21.1. The lowest BCUT2D eigenvalue weighted by Gasteiger charge is -2.31. The Balaban J connectivity index is 1.73. The molecule has 0 saturated heterocycles. The van der Waals surface area contributed by atoms with Gasteiger partial charge in [0.15, 0.2) is 0 Å². The largest absolute Gasteiger partial charge is 0.352 e. The van der Waals surface area contributed by atoms with Crippen LogP contribution in [0.5, 0.6) is 0 Å². The SMILES string of the molecule is Cc1ccc(CN(C(=O)Cc2ccccc2)C(C)C(=O)NC2CCCCC2)cc1. The fourth-order valence-electron chi connectivity index (χ4n) is 3.91. The number of rotatable bonds is 7. The fourth-order valence-corrected chi connectivity index (χ4v) is 3.91. The molecule has 1 unspecified atom stereocenters. The molecule has 2 amide bonds. The van der Waals surface area contributed by atoms with E-state index < -0.39 is 6.04 Å². The van der Waals surface area contributed by atoms with Crippen LogP contribution in [0.4, 0.5) is 0 Å². The minimum absolute atomic E-state index is 0.0249. The highest BCUT2D eigenvalue weighted by Crippen LogP contribution is 2.18. The summed E-state index contributed by atoms with van der Waals surface area (Å²) in [6.45, 7) is 4.32. The number of carbonyl (C=O) groups is 2. The Hall–Kier alpha value is -2.62. The molecule has 154 valence electrons. The number of aryl methyl sites for hydroxylation is 1. The molecule has 0 aromatic heterocycles. The summed E-state index contributed by atoms with van der Waals surface area (Å²) < 4.78 is 0. The predicted molar refractivity (Wildman–Crippen MR) is 116 cm³/mol. The molecule has 29 heavy (non-hydrogen) atoms. The number of hydrogen-bond acceptors (Lipinski definition) is 2. The molecule has 4 nitrogen and oxygen atoms in total. The van der Waals surface area contributed by atoms with E-state index in [1.807, 2.05) is 68.4 Å². The molecule has 0 spiro atoms. The molecule has 3 rings (SSSR count). The van der Waals surface area contributed by atoms with E-state index in [4.69, 9.17) is 0 Å². The van der Waals surface area contributed by atoms with Crippen LogP contribution >= 0.6 is 0 Å². The first-order valence-corrected chi connectivity index (χ1v) is 10.7. The minimum Gasteiger partial charge on any atom is -0.352 e. The molecule has 0 bridgehead atoms. The van der Waals surface area contributed by atoms with Crippen LogP contribution in [0.15, 0.2) is 54.6 Å². The van der Waals surface area contributed by atoms with Crippen LogP contribution in [-0.4, -0.2) is 28.8 Å². The van der Waals surface area contributed by atoms with E-state index in [0.717, 1.165) is 24.0 Å². The fraction of sp³-hybridized carbons (Fsp3) is 0.440. The average Bonchev–Trinajstić information content (AvgIpc) is 2.74. The van der Waals surface area contributed by atoms with Crippen molar-refractivity contribution >= 4 is 11.8 Å². The normalized spacial score (nSPS) is 15.5. The van der Waals surface area contributed by atoms with E-state index >= 15 is 0 Å². The van der Waals surface area contributed by atoms with E-state index in [-0.39, 0.29) is 17.9 Å². The van der Waals surface area contributed by atoms with Crippen LogP contribution in [-0.2, 0) is 22.6 Å². The van der Waals surface area contributed by atoms with Crippen molar-refractivity contribution in [3.63, 3.8) is 0 Å². The summed E-state index contributed by atoms with van der Waals surface area (Å²) in [6, 6.07) is 17.6. The second-order valence-corrected chi connectivity index (χ2v) is 8.19. The third kappa shape index (κ3) is 6.18. The number of nitrogens with one attached hydrogen (secondary N) is 1. The molecule has 1 aliphatic carbocycles. The predicted octanol–water partition coefficient (Wildman–Crippen LogP) is 4.40. The molecule has 1 atom stereocenters. The van der Waals surface area contributed by atoms with Gasteiger partial charge in [-0.3, -0.25) is 9.59 Å². The number of hydrogen-bond donors (Lipinski definition) is 1. The quantitative estimate of drug-likeness (QED) is 0.759. The van der Waals surface area contributed by atoms with Crippen molar-refractivity contribution in [3.05, 3.63) is 71.3 Å². The highest BCUT2D eigenvalue weighted by atomic mass is 16.2. The molecule has 1 fully saturated rings. The summed E-state index contributed by atoms with van der Waals surface area (Å²) in [7, 11) is 0. The van der Waals surface area contributed by atoms with Gasteiger partial charge in [0, 0.05) is 12.6 Å². The van der Waals surface area contributed by atoms with Gasteiger partial charge in [0.2, 0.25) is 11.8 Å². The molecule has 0 aliphatic heterocycles. The van der Waals surface area contributed by atoms with E-state index in [1.165, 1.54) is 24.8 Å². The maximum absolute atomic E-state index is 13.2. The van der Waals surface area contributed by atoms with Crippen LogP contribution in [0.3, 0.4) is 0 Å². The monoisotopic (exact) mass is 392 g/mol. The summed E-state index contributed by atoms with van der Waals surface area (Å²) in [4.78, 5) is 27.8. The third-order valence-corrected chi connectivity index (χ3v) is 5.79. The van der Waals surface area contributed by atoms with Crippen molar-refractivity contribution in [2.45, 2.75) is 71.0 Å². The zero-order valence-electron chi connectivity index (χ0n) is 17.6. The van der Waals surface area contributed by atoms with Crippen LogP contribution in [0.1, 0.15) is 55.7 Å². The molecular formula is C25H32N2O2. The highest BCUT2D eigenvalue weighted by molar-refractivity contribution is 5.88. The standard InChI is InChI=1S/C25H32N2O2/c1-19-13-15-22(16-14-19)18-27(24(28)17-21-9-5-3-6-10-21)20(2)25(29)26-23-11-7-4-8-12-23/h3,5-6,9-10,13-16,20,23H,4,7-8,11-12,17-18H2,1-2H3,(H,26,29). The van der Waals surface area contributed by atoms with E-state index in [2.05, 4.69) is 5.32 Å². The maximum Gasteiger partial charge on any atom is 0.242 e. The number of benzene rings is 2. The second-order valence-electron chi connectivity index (χ2n) is 8.19. The molecule has 1 saturated carbocycles. The molecule has 0 heterocycles. The first-order valence-electron chi connectivity index (χ1n) is 10.7. The Labute approximate surface area is 174 Å². The van der Waals surface area contributed by atoms with Crippen molar-refractivity contribution < 1.29 is 9.59 Å². The first-order chi connectivity index (χ1) is 14.0. The summed E-state index contributed by atoms with van der Waals surface area (Å²) >= 11 is 0. The summed E-state index contributed by atoms with van der Waals surface area (Å²) in [5.74, 6) is -0.0755. The van der Waals surface area contributed by atoms with Crippen LogP contribution < -0.4 is 5.32 Å². The van der Waals surface area contributed by atoms with Gasteiger partial charge < -0.3 is 10.2 Å². The Morgan fingerprint density at radius 2 is 1.62 bits per heavy atom. The van der Waals surface area contributed by atoms with Crippen LogP contribution in [0.25, 0.3) is 0 Å². The molecule has 1 N–H and O–H groups in total. The van der Waals surface area contributed by atoms with Crippen molar-refractivity contribution in [2.75, 3.05) is 0 Å². The van der Waals surface area contributed by atoms with Gasteiger partial charge >= 0.3 is 0 Å². The van der Waals surface area contributed by atoms with Crippen LogP contribution in [0, 0.1) is 6.92 Å². The van der Waals surface area contributed by atoms with Gasteiger partial charge in [-0.15, -0.1) is 0 Å². The van der Waals surface area contributed by atoms with Gasteiger partial charge in [-0.25, -0.2) is 0 Å². The Morgan fingerprint density at radius 1 is 0.966 bits per heavy atom. The number of amides is 2. The zero-order valence-corrected chi connectivity index (χ0v) is 17.6. The molecule has 4 heteroatoms. The van der Waals surface area contributed by atoms with Crippen molar-refractivity contribution in [2.24, 2.45) is 0 Å². The van der Waals surface area contributed by atoms with Gasteiger partial charge in [-0.1, -0.05) is 79.4 Å². The topological polar surface area (TPSA) is 49.4 Å². The highest BCUT2D eigenvalue weighted by Gasteiger charge is 2.28. The summed E-state index contributed by atoms with van der Waals surface area (Å²) in [6.07, 6.45) is 5.95. The zero-order chi connectivity index (χ0) is 20.6.